The Morgan fingerprint density at radius 2 is 0.930 bits per heavy atom. The van der Waals surface area contributed by atoms with Crippen LogP contribution in [0.2, 0.25) is 0 Å². The molecule has 11 nitrogen and oxygen atoms in total. The molecule has 2 spiro atoms. The van der Waals surface area contributed by atoms with E-state index in [0.717, 1.165) is 84.0 Å². The number of rotatable bonds is 9. The Morgan fingerprint density at radius 3 is 1.39 bits per heavy atom. The number of carbonyl (C=O) groups is 2. The summed E-state index contributed by atoms with van der Waals surface area (Å²) in [5, 5.41) is 20.3. The maximum absolute atomic E-state index is 12.9. The fourth-order valence-electron chi connectivity index (χ4n) is 11.0. The average Bonchev–Trinajstić information content (AvgIpc) is 3.86. The molecule has 2 N–H and O–H groups in total. The Balaban J connectivity index is 0.000000148. The molecule has 0 amide bonds. The second-order valence-electron chi connectivity index (χ2n) is 19.1. The van der Waals surface area contributed by atoms with Crippen molar-refractivity contribution in [3.63, 3.8) is 0 Å². The van der Waals surface area contributed by atoms with E-state index in [4.69, 9.17) is 18.9 Å². The smallest absolute Gasteiger partial charge is 0.340 e. The zero-order valence-corrected chi connectivity index (χ0v) is 42.8. The molecule has 2 saturated heterocycles. The van der Waals surface area contributed by atoms with Crippen molar-refractivity contribution in [2.45, 2.75) is 82.8 Å². The van der Waals surface area contributed by atoms with Crippen LogP contribution in [0.4, 0.5) is 11.4 Å². The van der Waals surface area contributed by atoms with E-state index in [1.165, 1.54) is 68.8 Å². The minimum absolute atomic E-state index is 0.107. The number of carbonyl (C=O) groups excluding carboxylic acids is 2. The molecule has 6 aliphatic rings. The first kappa shape index (κ1) is 48.4. The first-order chi connectivity index (χ1) is 34.7. The van der Waals surface area contributed by atoms with Crippen LogP contribution in [0.25, 0.3) is 0 Å². The number of phenols is 2. The van der Waals surface area contributed by atoms with Gasteiger partial charge in [-0.05, 0) is 104 Å². The predicted octanol–water partition coefficient (Wildman–Crippen LogP) is 12.8. The highest BCUT2D eigenvalue weighted by Crippen LogP contribution is 2.58. The number of halogens is 1. The Kier molecular flexibility index (Phi) is 14.2. The molecule has 12 rings (SSSR count). The Hall–Kier alpha value is -6.25. The van der Waals surface area contributed by atoms with Crippen LogP contribution in [0.15, 0.2) is 121 Å². The quantitative estimate of drug-likeness (QED) is 0.0623. The summed E-state index contributed by atoms with van der Waals surface area (Å²) in [6.45, 7) is 11.7. The molecule has 6 aromatic rings. The average molecular weight is 1070 g/mol. The van der Waals surface area contributed by atoms with Crippen molar-refractivity contribution in [3.8, 4) is 34.5 Å². The highest BCUT2D eigenvalue weighted by Gasteiger charge is 2.55. The van der Waals surface area contributed by atoms with Crippen molar-refractivity contribution in [2.24, 2.45) is 0 Å². The van der Waals surface area contributed by atoms with Crippen molar-refractivity contribution in [2.75, 3.05) is 60.0 Å². The molecule has 0 aliphatic carbocycles. The third-order valence-electron chi connectivity index (χ3n) is 14.6. The summed E-state index contributed by atoms with van der Waals surface area (Å²) in [6, 6.07) is 37.3. The zero-order valence-electron chi connectivity index (χ0n) is 40.6. The second kappa shape index (κ2) is 20.8. The molecular weight excluding hydrogens is 1010 g/mol. The summed E-state index contributed by atoms with van der Waals surface area (Å²) >= 11 is 2.41. The molecule has 12 heteroatoms. The number of ether oxygens (including phenoxy) is 4. The van der Waals surface area contributed by atoms with E-state index in [0.29, 0.717) is 34.1 Å². The van der Waals surface area contributed by atoms with Gasteiger partial charge in [-0.15, -0.1) is 0 Å². The molecule has 6 aromatic carbocycles. The Bertz CT molecular complexity index is 2930. The molecule has 0 radical (unpaired) electrons. The van der Waals surface area contributed by atoms with Gasteiger partial charge in [0.25, 0.3) is 0 Å². The molecule has 2 fully saturated rings. The normalized spacial score (nSPS) is 20.0. The highest BCUT2D eigenvalue weighted by molar-refractivity contribution is 14.1. The molecule has 368 valence electrons. The lowest BCUT2D eigenvalue weighted by atomic mass is 9.77. The van der Waals surface area contributed by atoms with Crippen LogP contribution in [-0.2, 0) is 20.7 Å². The fourth-order valence-corrected chi connectivity index (χ4v) is 11.6. The monoisotopic (exact) mass is 1070 g/mol. The molecule has 0 saturated carbocycles. The largest absolute Gasteiger partial charge is 0.508 e. The number of nitrogens with zero attached hydrogens (tertiary/aromatic N) is 3. The van der Waals surface area contributed by atoms with E-state index >= 15 is 0 Å². The number of piperidine rings is 1. The third kappa shape index (κ3) is 9.07. The van der Waals surface area contributed by atoms with E-state index < -0.39 is 11.2 Å². The molecule has 71 heavy (non-hydrogen) atoms. The van der Waals surface area contributed by atoms with Gasteiger partial charge in [0.2, 0.25) is 0 Å². The summed E-state index contributed by atoms with van der Waals surface area (Å²) in [5.74, 6) is 1.82. The van der Waals surface area contributed by atoms with Gasteiger partial charge in [-0.25, -0.2) is 9.59 Å². The number of hydrogen-bond acceptors (Lipinski definition) is 11. The van der Waals surface area contributed by atoms with E-state index in [1.54, 1.807) is 48.5 Å². The van der Waals surface area contributed by atoms with Gasteiger partial charge in [-0.1, -0.05) is 98.5 Å². The van der Waals surface area contributed by atoms with Gasteiger partial charge in [0.05, 0.1) is 11.1 Å². The number of phenolic OH excluding ortho intramolecular Hbond substituents is 2. The van der Waals surface area contributed by atoms with Crippen molar-refractivity contribution in [3.05, 3.63) is 166 Å². The first-order valence-electron chi connectivity index (χ1n) is 25.4. The molecule has 6 heterocycles. The summed E-state index contributed by atoms with van der Waals surface area (Å²) < 4.78 is 26.2. The van der Waals surface area contributed by atoms with E-state index in [2.05, 4.69) is 63.3 Å². The van der Waals surface area contributed by atoms with E-state index in [-0.39, 0.29) is 23.4 Å². The molecule has 2 unspecified atom stereocenters. The number of piperazine rings is 1. The minimum atomic E-state index is -1.10. The number of hydrogen-bond donors (Lipinski definition) is 2. The number of alkyl halides is 1. The Morgan fingerprint density at radius 1 is 0.493 bits per heavy atom. The molecule has 0 bridgehead atoms. The minimum Gasteiger partial charge on any atom is -0.508 e. The fraction of sp³-hybridized carbons (Fsp3) is 0.356. The summed E-state index contributed by atoms with van der Waals surface area (Å²) in [4.78, 5) is 33.1. The highest BCUT2D eigenvalue weighted by atomic mass is 127. The summed E-state index contributed by atoms with van der Waals surface area (Å²) in [7, 11) is 0. The topological polar surface area (TPSA) is 121 Å². The third-order valence-corrected chi connectivity index (χ3v) is 15.4. The van der Waals surface area contributed by atoms with Crippen molar-refractivity contribution in [1.29, 1.82) is 0 Å². The standard InChI is InChI=1S/C29H30N2O4.C25H21NO4.C5H11I/c1-2-3-6-13-30-14-16-31(17-15-30)20-9-11-24-26(18-20)34-27-19-21(32)10-12-25(27)29(24)23-8-5-4-7-22(23)28(33)35-29;27-17-9-11-21-23(15-17)29-22-14-16(26-12-4-1-5-13-26)8-10-20(22)25(21)19-7-3-2-6-18(19)24(28)30-25;1-2-3-4-5-6/h4-5,7-12,18-19,32H,2-3,6,13-17H2,1H3;2-3,6-11,14-15,27H,1,4-5,12-13H2;2-5H2,1H3. The predicted molar refractivity (Wildman–Crippen MR) is 285 cm³/mol. The number of esters is 2. The van der Waals surface area contributed by atoms with Crippen LogP contribution >= 0.6 is 22.6 Å². The van der Waals surface area contributed by atoms with Crippen LogP contribution in [0, 0.1) is 0 Å². The summed E-state index contributed by atoms with van der Waals surface area (Å²) in [5.41, 5.74) is 5.78. The number of fused-ring (bicyclic) bond motifs is 12. The van der Waals surface area contributed by atoms with Gasteiger partial charge in [0, 0.05) is 108 Å². The molecule has 6 aliphatic heterocycles. The lowest BCUT2D eigenvalue weighted by molar-refractivity contribution is 0.0214. The van der Waals surface area contributed by atoms with Crippen LogP contribution in [0.3, 0.4) is 0 Å². The van der Waals surface area contributed by atoms with Crippen LogP contribution in [0.1, 0.15) is 126 Å². The lowest BCUT2D eigenvalue weighted by Crippen LogP contribution is -2.46. The number of aromatic hydroxyl groups is 2. The molecule has 2 atom stereocenters. The second-order valence-corrected chi connectivity index (χ2v) is 20.2. The van der Waals surface area contributed by atoms with E-state index in [9.17, 15) is 19.8 Å². The SMILES string of the molecule is CCCCCI.CCCCCN1CCN(c2ccc3c(c2)Oc2cc(O)ccc2C32OC(=O)c3ccccc32)CC1.O=C1OC2(c3ccc(O)cc3Oc3cc(N4CCCCC4)ccc32)c2ccccc21. The molecule has 0 aromatic heterocycles. The van der Waals surface area contributed by atoms with Crippen LogP contribution in [-0.4, -0.2) is 77.3 Å². The van der Waals surface area contributed by atoms with Crippen LogP contribution in [0.5, 0.6) is 34.5 Å². The lowest BCUT2D eigenvalue weighted by Gasteiger charge is -2.39. The van der Waals surface area contributed by atoms with Crippen LogP contribution < -0.4 is 19.3 Å². The maximum atomic E-state index is 12.9. The van der Waals surface area contributed by atoms with Gasteiger partial charge >= 0.3 is 11.9 Å². The number of unbranched alkanes of at least 4 members (excludes halogenated alkanes) is 4. The maximum Gasteiger partial charge on any atom is 0.340 e. The summed E-state index contributed by atoms with van der Waals surface area (Å²) in [6.07, 6.45) is 11.6. The van der Waals surface area contributed by atoms with Crippen molar-refractivity contribution >= 4 is 45.9 Å². The zero-order chi connectivity index (χ0) is 49.1. The van der Waals surface area contributed by atoms with Gasteiger partial charge in [0.1, 0.15) is 34.5 Å². The van der Waals surface area contributed by atoms with Crippen molar-refractivity contribution in [1.82, 2.24) is 4.90 Å². The van der Waals surface area contributed by atoms with Crippen molar-refractivity contribution < 1.29 is 38.7 Å². The van der Waals surface area contributed by atoms with E-state index in [1.807, 2.05) is 60.7 Å². The number of benzene rings is 6. The van der Waals surface area contributed by atoms with Gasteiger partial charge < -0.3 is 39.0 Å². The van der Waals surface area contributed by atoms with Gasteiger partial charge in [-0.3, -0.25) is 4.90 Å². The molecular formula is C59H62IN3O8. The van der Waals surface area contributed by atoms with Gasteiger partial charge in [0.15, 0.2) is 11.2 Å². The van der Waals surface area contributed by atoms with Gasteiger partial charge in [-0.2, -0.15) is 0 Å². The Labute approximate surface area is 430 Å². The number of anilines is 2. The first-order valence-corrected chi connectivity index (χ1v) is 27.0.